The van der Waals surface area contributed by atoms with Crippen molar-refractivity contribution in [3.8, 4) is 5.75 Å². The van der Waals surface area contributed by atoms with Crippen LogP contribution in [0.1, 0.15) is 38.2 Å². The second-order valence-electron chi connectivity index (χ2n) is 4.79. The molecule has 1 amide bonds. The zero-order valence-corrected chi connectivity index (χ0v) is 11.6. The number of unbranched alkanes of at least 4 members (excludes halogenated alkanes) is 2. The van der Waals surface area contributed by atoms with Gasteiger partial charge in [0.25, 0.3) is 0 Å². The molecule has 0 aromatic heterocycles. The number of phenolic OH excluding ortho intramolecular Hbond substituents is 1. The molecular weight excluding hydrogens is 258 g/mol. The van der Waals surface area contributed by atoms with Gasteiger partial charge in [-0.25, -0.2) is 4.79 Å². The van der Waals surface area contributed by atoms with Crippen LogP contribution in [-0.2, 0) is 16.0 Å². The van der Waals surface area contributed by atoms with Gasteiger partial charge in [0.15, 0.2) is 0 Å². The highest BCUT2D eigenvalue weighted by Crippen LogP contribution is 2.11. The van der Waals surface area contributed by atoms with Gasteiger partial charge < -0.3 is 15.5 Å². The summed E-state index contributed by atoms with van der Waals surface area (Å²) in [5.41, 5.74) is 0.754. The second-order valence-corrected chi connectivity index (χ2v) is 4.79. The second kappa shape index (κ2) is 8.19. The van der Waals surface area contributed by atoms with Crippen molar-refractivity contribution < 1.29 is 19.8 Å². The van der Waals surface area contributed by atoms with Crippen LogP contribution in [0, 0.1) is 0 Å². The average Bonchev–Trinajstić information content (AvgIpc) is 2.40. The minimum atomic E-state index is -1.05. The largest absolute Gasteiger partial charge is 0.508 e. The van der Waals surface area contributed by atoms with Gasteiger partial charge in [-0.1, -0.05) is 31.9 Å². The lowest BCUT2D eigenvalue weighted by Crippen LogP contribution is -2.42. The highest BCUT2D eigenvalue weighted by atomic mass is 16.4. The van der Waals surface area contributed by atoms with E-state index < -0.39 is 12.0 Å². The number of hydrogen-bond acceptors (Lipinski definition) is 3. The molecule has 0 spiro atoms. The lowest BCUT2D eigenvalue weighted by Gasteiger charge is -2.14. The molecule has 1 aromatic carbocycles. The third kappa shape index (κ3) is 5.73. The summed E-state index contributed by atoms with van der Waals surface area (Å²) in [5.74, 6) is -1.16. The molecule has 0 heterocycles. The minimum Gasteiger partial charge on any atom is -0.508 e. The maximum Gasteiger partial charge on any atom is 0.326 e. The van der Waals surface area contributed by atoms with Crippen LogP contribution in [0.4, 0.5) is 0 Å². The number of carboxylic acid groups (broad SMARTS) is 1. The monoisotopic (exact) mass is 279 g/mol. The molecule has 1 unspecified atom stereocenters. The molecule has 5 nitrogen and oxygen atoms in total. The molecule has 0 bridgehead atoms. The third-order valence-electron chi connectivity index (χ3n) is 3.02. The minimum absolute atomic E-state index is 0.129. The standard InChI is InChI=1S/C15H21NO4/c1-2-3-4-5-14(18)16-13(15(19)20)10-11-6-8-12(17)9-7-11/h6-9,13,17H,2-5,10H2,1H3,(H,16,18)(H,19,20). The SMILES string of the molecule is CCCCCC(=O)NC(Cc1ccc(O)cc1)C(=O)O. The Hall–Kier alpha value is -2.04. The number of amides is 1. The Balaban J connectivity index is 2.54. The van der Waals surface area contributed by atoms with E-state index in [-0.39, 0.29) is 18.1 Å². The predicted octanol–water partition coefficient (Wildman–Crippen LogP) is 2.08. The Bertz CT molecular complexity index is 442. The van der Waals surface area contributed by atoms with Crippen molar-refractivity contribution >= 4 is 11.9 Å². The van der Waals surface area contributed by atoms with Crippen molar-refractivity contribution in [3.63, 3.8) is 0 Å². The Morgan fingerprint density at radius 1 is 1.20 bits per heavy atom. The van der Waals surface area contributed by atoms with E-state index in [0.29, 0.717) is 6.42 Å². The fourth-order valence-corrected chi connectivity index (χ4v) is 1.87. The summed E-state index contributed by atoms with van der Waals surface area (Å²) >= 11 is 0. The van der Waals surface area contributed by atoms with E-state index in [4.69, 9.17) is 5.11 Å². The van der Waals surface area contributed by atoms with Crippen molar-refractivity contribution in [2.24, 2.45) is 0 Å². The third-order valence-corrected chi connectivity index (χ3v) is 3.02. The molecule has 110 valence electrons. The molecule has 1 atom stereocenters. The Morgan fingerprint density at radius 2 is 1.85 bits per heavy atom. The number of phenols is 1. The van der Waals surface area contributed by atoms with Crippen LogP contribution in [0.15, 0.2) is 24.3 Å². The normalized spacial score (nSPS) is 11.8. The molecule has 0 aliphatic carbocycles. The predicted molar refractivity (Wildman–Crippen MR) is 75.5 cm³/mol. The van der Waals surface area contributed by atoms with Gasteiger partial charge >= 0.3 is 5.97 Å². The van der Waals surface area contributed by atoms with Crippen LogP contribution < -0.4 is 5.32 Å². The van der Waals surface area contributed by atoms with Crippen LogP contribution >= 0.6 is 0 Å². The highest BCUT2D eigenvalue weighted by Gasteiger charge is 2.20. The van der Waals surface area contributed by atoms with Crippen molar-refractivity contribution in [2.45, 2.75) is 45.1 Å². The fraction of sp³-hybridized carbons (Fsp3) is 0.467. The van der Waals surface area contributed by atoms with Crippen LogP contribution in [0.5, 0.6) is 5.75 Å². The van der Waals surface area contributed by atoms with Gasteiger partial charge in [-0.2, -0.15) is 0 Å². The molecule has 0 aliphatic rings. The van der Waals surface area contributed by atoms with Crippen molar-refractivity contribution in [2.75, 3.05) is 0 Å². The van der Waals surface area contributed by atoms with Crippen molar-refractivity contribution in [3.05, 3.63) is 29.8 Å². The first-order chi connectivity index (χ1) is 9.52. The van der Waals surface area contributed by atoms with Crippen molar-refractivity contribution in [1.29, 1.82) is 0 Å². The number of hydrogen-bond donors (Lipinski definition) is 3. The number of aliphatic carboxylic acids is 1. The molecule has 5 heteroatoms. The number of carboxylic acids is 1. The number of aromatic hydroxyl groups is 1. The quantitative estimate of drug-likeness (QED) is 0.636. The zero-order chi connectivity index (χ0) is 15.0. The molecule has 0 fully saturated rings. The lowest BCUT2D eigenvalue weighted by molar-refractivity contribution is -0.141. The molecular formula is C15H21NO4. The first-order valence-electron chi connectivity index (χ1n) is 6.83. The number of carbonyl (C=O) groups is 2. The van der Waals surface area contributed by atoms with E-state index in [9.17, 15) is 14.7 Å². The van der Waals surface area contributed by atoms with E-state index in [1.165, 1.54) is 12.1 Å². The molecule has 1 rings (SSSR count). The summed E-state index contributed by atoms with van der Waals surface area (Å²) in [4.78, 5) is 22.8. The Labute approximate surface area is 118 Å². The van der Waals surface area contributed by atoms with E-state index in [0.717, 1.165) is 24.8 Å². The van der Waals surface area contributed by atoms with E-state index in [1.807, 2.05) is 6.92 Å². The van der Waals surface area contributed by atoms with E-state index >= 15 is 0 Å². The van der Waals surface area contributed by atoms with Gasteiger partial charge in [0.1, 0.15) is 11.8 Å². The molecule has 1 aromatic rings. The molecule has 0 saturated heterocycles. The number of benzene rings is 1. The zero-order valence-electron chi connectivity index (χ0n) is 11.6. The summed E-state index contributed by atoms with van der Waals surface area (Å²) in [6.45, 7) is 2.04. The van der Waals surface area contributed by atoms with Gasteiger partial charge in [-0.05, 0) is 24.1 Å². The van der Waals surface area contributed by atoms with E-state index in [2.05, 4.69) is 5.32 Å². The van der Waals surface area contributed by atoms with Crippen LogP contribution in [0.25, 0.3) is 0 Å². The number of carbonyl (C=O) groups excluding carboxylic acids is 1. The molecule has 20 heavy (non-hydrogen) atoms. The summed E-state index contributed by atoms with van der Waals surface area (Å²) in [7, 11) is 0. The molecule has 0 saturated carbocycles. The summed E-state index contributed by atoms with van der Waals surface area (Å²) in [6, 6.07) is 5.35. The van der Waals surface area contributed by atoms with Crippen LogP contribution in [0.3, 0.4) is 0 Å². The smallest absolute Gasteiger partial charge is 0.326 e. The highest BCUT2D eigenvalue weighted by molar-refractivity contribution is 5.83. The molecule has 0 radical (unpaired) electrons. The molecule has 0 aliphatic heterocycles. The van der Waals surface area contributed by atoms with E-state index in [1.54, 1.807) is 12.1 Å². The first-order valence-corrected chi connectivity index (χ1v) is 6.83. The lowest BCUT2D eigenvalue weighted by atomic mass is 10.1. The van der Waals surface area contributed by atoms with Gasteiger partial charge in [0.2, 0.25) is 5.91 Å². The van der Waals surface area contributed by atoms with Crippen molar-refractivity contribution in [1.82, 2.24) is 5.32 Å². The Morgan fingerprint density at radius 3 is 2.40 bits per heavy atom. The van der Waals surface area contributed by atoms with Gasteiger partial charge in [0, 0.05) is 12.8 Å². The maximum atomic E-state index is 11.7. The first kappa shape index (κ1) is 16.0. The Kier molecular flexibility index (Phi) is 6.56. The summed E-state index contributed by atoms with van der Waals surface area (Å²) in [6.07, 6.45) is 3.31. The summed E-state index contributed by atoms with van der Waals surface area (Å²) in [5, 5.41) is 20.9. The van der Waals surface area contributed by atoms with Gasteiger partial charge in [0.05, 0.1) is 0 Å². The number of rotatable bonds is 8. The average molecular weight is 279 g/mol. The fourth-order valence-electron chi connectivity index (χ4n) is 1.87. The van der Waals surface area contributed by atoms with Gasteiger partial charge in [-0.3, -0.25) is 4.79 Å². The van der Waals surface area contributed by atoms with Crippen LogP contribution in [0.2, 0.25) is 0 Å². The molecule has 3 N–H and O–H groups in total. The van der Waals surface area contributed by atoms with Crippen LogP contribution in [-0.4, -0.2) is 28.1 Å². The topological polar surface area (TPSA) is 86.6 Å². The summed E-state index contributed by atoms with van der Waals surface area (Å²) < 4.78 is 0. The van der Waals surface area contributed by atoms with Gasteiger partial charge in [-0.15, -0.1) is 0 Å². The maximum absolute atomic E-state index is 11.7. The number of nitrogens with one attached hydrogen (secondary N) is 1.